The van der Waals surface area contributed by atoms with Gasteiger partial charge >= 0.3 is 0 Å². The summed E-state index contributed by atoms with van der Waals surface area (Å²) >= 11 is 0. The predicted molar refractivity (Wildman–Crippen MR) is 58.8 cm³/mol. The van der Waals surface area contributed by atoms with Crippen LogP contribution in [0.2, 0.25) is 0 Å². The Labute approximate surface area is 99.8 Å². The first kappa shape index (κ1) is 12.8. The van der Waals surface area contributed by atoms with Gasteiger partial charge in [0.1, 0.15) is 23.8 Å². The Morgan fingerprint density at radius 2 is 1.82 bits per heavy atom. The minimum atomic E-state index is -0.209. The van der Waals surface area contributed by atoms with Crippen LogP contribution in [-0.4, -0.2) is 5.21 Å². The summed E-state index contributed by atoms with van der Waals surface area (Å²) < 4.78 is 0. The molecule has 0 saturated carbocycles. The number of hydroxylamine groups is 1. The topological polar surface area (TPSA) is 104 Å². The van der Waals surface area contributed by atoms with Crippen molar-refractivity contribution >= 4 is 0 Å². The fourth-order valence-electron chi connectivity index (χ4n) is 1.98. The molecule has 0 bridgehead atoms. The van der Waals surface area contributed by atoms with Crippen molar-refractivity contribution in [2.24, 2.45) is 5.41 Å². The lowest BCUT2D eigenvalue weighted by atomic mass is 9.73. The number of nitriles is 3. The summed E-state index contributed by atoms with van der Waals surface area (Å²) in [7, 11) is 0. The van der Waals surface area contributed by atoms with Gasteiger partial charge in [-0.1, -0.05) is 13.8 Å². The van der Waals surface area contributed by atoms with Crippen LogP contribution in [0.1, 0.15) is 26.7 Å². The Morgan fingerprint density at radius 1 is 1.24 bits per heavy atom. The normalized spacial score (nSPS) is 17.8. The highest BCUT2D eigenvalue weighted by atomic mass is 16.5. The smallest absolute Gasteiger partial charge is 0.134 e. The van der Waals surface area contributed by atoms with Crippen molar-refractivity contribution in [1.29, 1.82) is 15.8 Å². The van der Waals surface area contributed by atoms with E-state index in [4.69, 9.17) is 21.0 Å². The summed E-state index contributed by atoms with van der Waals surface area (Å²) in [6.45, 7) is 3.90. The summed E-state index contributed by atoms with van der Waals surface area (Å²) in [5.74, 6) is 0. The molecule has 0 saturated heterocycles. The summed E-state index contributed by atoms with van der Waals surface area (Å²) in [6.07, 6.45) is 0.970. The molecule has 0 aliphatic heterocycles. The second kappa shape index (κ2) is 4.70. The zero-order valence-electron chi connectivity index (χ0n) is 9.70. The van der Waals surface area contributed by atoms with E-state index in [-0.39, 0.29) is 16.6 Å². The molecule has 2 N–H and O–H groups in total. The molecule has 0 unspecified atom stereocenters. The Kier molecular flexibility index (Phi) is 3.53. The van der Waals surface area contributed by atoms with E-state index in [9.17, 15) is 0 Å². The molecule has 5 heteroatoms. The largest absolute Gasteiger partial charge is 0.291 e. The zero-order chi connectivity index (χ0) is 13.1. The van der Waals surface area contributed by atoms with E-state index in [1.165, 1.54) is 0 Å². The molecule has 0 amide bonds. The lowest BCUT2D eigenvalue weighted by molar-refractivity contribution is 0.178. The minimum Gasteiger partial charge on any atom is -0.291 e. The lowest BCUT2D eigenvalue weighted by Gasteiger charge is -2.32. The van der Waals surface area contributed by atoms with Gasteiger partial charge in [0.05, 0.1) is 11.3 Å². The van der Waals surface area contributed by atoms with Gasteiger partial charge in [-0.3, -0.25) is 10.7 Å². The van der Waals surface area contributed by atoms with E-state index in [0.29, 0.717) is 24.1 Å². The SMILES string of the molecule is CC1(C)CC(NO)=C(C#N)C(=C(C#N)C#N)C1. The van der Waals surface area contributed by atoms with E-state index >= 15 is 0 Å². The Morgan fingerprint density at radius 3 is 2.24 bits per heavy atom. The van der Waals surface area contributed by atoms with Gasteiger partial charge in [-0.25, -0.2) is 0 Å². The summed E-state index contributed by atoms with van der Waals surface area (Å²) in [5.41, 5.74) is 2.69. The van der Waals surface area contributed by atoms with Crippen molar-refractivity contribution < 1.29 is 5.21 Å². The molecule has 0 heterocycles. The Balaban J connectivity index is 3.51. The van der Waals surface area contributed by atoms with Gasteiger partial charge < -0.3 is 0 Å². The van der Waals surface area contributed by atoms with Crippen molar-refractivity contribution in [1.82, 2.24) is 5.48 Å². The molecule has 86 valence electrons. The summed E-state index contributed by atoms with van der Waals surface area (Å²) in [5, 5.41) is 35.8. The molecule has 5 nitrogen and oxygen atoms in total. The van der Waals surface area contributed by atoms with Gasteiger partial charge in [0.2, 0.25) is 0 Å². The first-order valence-electron chi connectivity index (χ1n) is 5.06. The van der Waals surface area contributed by atoms with Crippen LogP contribution in [-0.2, 0) is 0 Å². The highest BCUT2D eigenvalue weighted by Gasteiger charge is 2.32. The fraction of sp³-hybridized carbons (Fsp3) is 0.417. The highest BCUT2D eigenvalue weighted by molar-refractivity contribution is 5.57. The fourth-order valence-corrected chi connectivity index (χ4v) is 1.98. The second-order valence-corrected chi connectivity index (χ2v) is 4.67. The van der Waals surface area contributed by atoms with Gasteiger partial charge in [0.25, 0.3) is 0 Å². The van der Waals surface area contributed by atoms with Crippen LogP contribution in [0, 0.1) is 39.4 Å². The van der Waals surface area contributed by atoms with Gasteiger partial charge in [-0.15, -0.1) is 0 Å². The molecule has 1 aliphatic carbocycles. The molecule has 17 heavy (non-hydrogen) atoms. The van der Waals surface area contributed by atoms with Crippen LogP contribution in [0.5, 0.6) is 0 Å². The first-order chi connectivity index (χ1) is 7.99. The Bertz CT molecular complexity index is 504. The van der Waals surface area contributed by atoms with Crippen LogP contribution in [0.3, 0.4) is 0 Å². The van der Waals surface area contributed by atoms with Crippen molar-refractivity contribution in [3.8, 4) is 18.2 Å². The average Bonchev–Trinajstić information content (AvgIpc) is 2.29. The van der Waals surface area contributed by atoms with Crippen molar-refractivity contribution in [3.05, 3.63) is 22.4 Å². The quantitative estimate of drug-likeness (QED) is 0.527. The first-order valence-corrected chi connectivity index (χ1v) is 5.06. The maximum atomic E-state index is 9.06. The Hall–Kier alpha value is -2.29. The summed E-state index contributed by atoms with van der Waals surface area (Å²) in [6, 6.07) is 5.52. The van der Waals surface area contributed by atoms with Gasteiger partial charge in [0.15, 0.2) is 0 Å². The van der Waals surface area contributed by atoms with E-state index < -0.39 is 0 Å². The molecule has 0 aromatic carbocycles. The monoisotopic (exact) mass is 228 g/mol. The maximum absolute atomic E-state index is 9.06. The van der Waals surface area contributed by atoms with Crippen molar-refractivity contribution in [2.75, 3.05) is 0 Å². The van der Waals surface area contributed by atoms with Crippen LogP contribution in [0.15, 0.2) is 22.4 Å². The minimum absolute atomic E-state index is 0.0675. The molecule has 0 aromatic heterocycles. The summed E-state index contributed by atoms with van der Waals surface area (Å²) in [4.78, 5) is 0. The number of nitrogens with one attached hydrogen (secondary N) is 1. The number of rotatable bonds is 1. The molecule has 0 atom stereocenters. The third-order valence-corrected chi connectivity index (χ3v) is 2.69. The molecule has 1 aliphatic rings. The molecule has 1 rings (SSSR count). The average molecular weight is 228 g/mol. The molecule has 0 spiro atoms. The highest BCUT2D eigenvalue weighted by Crippen LogP contribution is 2.41. The van der Waals surface area contributed by atoms with E-state index in [0.717, 1.165) is 0 Å². The molecular weight excluding hydrogens is 216 g/mol. The second-order valence-electron chi connectivity index (χ2n) is 4.67. The maximum Gasteiger partial charge on any atom is 0.134 e. The van der Waals surface area contributed by atoms with Crippen LogP contribution in [0.25, 0.3) is 0 Å². The van der Waals surface area contributed by atoms with E-state index in [2.05, 4.69) is 0 Å². The van der Waals surface area contributed by atoms with Gasteiger partial charge in [-0.05, 0) is 18.3 Å². The van der Waals surface area contributed by atoms with Gasteiger partial charge in [-0.2, -0.15) is 15.8 Å². The van der Waals surface area contributed by atoms with Gasteiger partial charge in [0, 0.05) is 5.57 Å². The zero-order valence-corrected chi connectivity index (χ0v) is 9.70. The third kappa shape index (κ3) is 2.45. The third-order valence-electron chi connectivity index (χ3n) is 2.69. The van der Waals surface area contributed by atoms with Crippen LogP contribution in [0.4, 0.5) is 0 Å². The molecular formula is C12H12N4O. The van der Waals surface area contributed by atoms with E-state index in [1.807, 2.05) is 25.4 Å². The number of hydrogen-bond acceptors (Lipinski definition) is 5. The van der Waals surface area contributed by atoms with Crippen LogP contribution < -0.4 is 5.48 Å². The lowest BCUT2D eigenvalue weighted by Crippen LogP contribution is -2.26. The molecule has 0 aromatic rings. The predicted octanol–water partition coefficient (Wildman–Crippen LogP) is 1.91. The van der Waals surface area contributed by atoms with Crippen molar-refractivity contribution in [2.45, 2.75) is 26.7 Å². The molecule has 0 fully saturated rings. The number of hydrogen-bond donors (Lipinski definition) is 2. The molecule has 0 radical (unpaired) electrons. The number of nitrogens with zero attached hydrogens (tertiary/aromatic N) is 3. The van der Waals surface area contributed by atoms with Crippen molar-refractivity contribution in [3.63, 3.8) is 0 Å². The standard InChI is InChI=1S/C12H12N4O/c1-12(2)3-9(8(5-13)6-14)10(7-15)11(4-12)16-17/h16-17H,3-4H2,1-2H3. The van der Waals surface area contributed by atoms with Crippen LogP contribution >= 0.6 is 0 Å². The van der Waals surface area contributed by atoms with E-state index in [1.54, 1.807) is 12.1 Å². The number of allylic oxidation sites excluding steroid dienone is 4.